The van der Waals surface area contributed by atoms with Gasteiger partial charge in [-0.25, -0.2) is 8.78 Å². The molecule has 0 heterocycles. The number of carbonyl (C=O) groups excluding carboxylic acids is 1. The molecule has 1 unspecified atom stereocenters. The first-order valence-electron chi connectivity index (χ1n) is 6.65. The fourth-order valence-electron chi connectivity index (χ4n) is 1.72. The van der Waals surface area contributed by atoms with E-state index in [9.17, 15) is 18.7 Å². The third-order valence-corrected chi connectivity index (χ3v) is 2.84. The molecule has 0 bridgehead atoms. The second kappa shape index (κ2) is 7.51. The normalized spacial score (nSPS) is 11.8. The van der Waals surface area contributed by atoms with Crippen LogP contribution in [0, 0.1) is 11.6 Å². The van der Waals surface area contributed by atoms with Crippen LogP contribution in [-0.4, -0.2) is 30.3 Å². The topological polar surface area (TPSA) is 58.6 Å². The molecule has 116 valence electrons. The molecule has 6 heteroatoms. The van der Waals surface area contributed by atoms with E-state index in [1.807, 2.05) is 0 Å². The first-order valence-corrected chi connectivity index (χ1v) is 6.65. The van der Waals surface area contributed by atoms with E-state index in [1.165, 1.54) is 42.5 Å². The molecule has 0 radical (unpaired) electrons. The van der Waals surface area contributed by atoms with Crippen LogP contribution in [0.3, 0.4) is 0 Å². The highest BCUT2D eigenvalue weighted by molar-refractivity contribution is 5.94. The van der Waals surface area contributed by atoms with Gasteiger partial charge in [0.25, 0.3) is 5.91 Å². The van der Waals surface area contributed by atoms with E-state index in [2.05, 4.69) is 5.32 Å². The lowest BCUT2D eigenvalue weighted by molar-refractivity contribution is 0.0843. The van der Waals surface area contributed by atoms with Crippen LogP contribution in [0.15, 0.2) is 48.5 Å². The monoisotopic (exact) mass is 307 g/mol. The van der Waals surface area contributed by atoms with E-state index in [0.717, 1.165) is 6.07 Å². The van der Waals surface area contributed by atoms with Crippen LogP contribution in [0.5, 0.6) is 5.75 Å². The van der Waals surface area contributed by atoms with Crippen LogP contribution >= 0.6 is 0 Å². The predicted molar refractivity (Wildman–Crippen MR) is 76.6 cm³/mol. The lowest BCUT2D eigenvalue weighted by Crippen LogP contribution is -2.35. The fraction of sp³-hybridized carbons (Fsp3) is 0.188. The molecule has 22 heavy (non-hydrogen) atoms. The molecule has 2 rings (SSSR count). The zero-order valence-electron chi connectivity index (χ0n) is 11.6. The van der Waals surface area contributed by atoms with Gasteiger partial charge in [0, 0.05) is 12.1 Å². The summed E-state index contributed by atoms with van der Waals surface area (Å²) in [4.78, 5) is 11.7. The molecule has 0 aliphatic heterocycles. The summed E-state index contributed by atoms with van der Waals surface area (Å²) in [5.74, 6) is -0.958. The summed E-state index contributed by atoms with van der Waals surface area (Å²) in [6.45, 7) is -0.106. The lowest BCUT2D eigenvalue weighted by Gasteiger charge is -2.13. The number of nitrogens with one attached hydrogen (secondary N) is 1. The van der Waals surface area contributed by atoms with Gasteiger partial charge < -0.3 is 15.2 Å². The van der Waals surface area contributed by atoms with E-state index >= 15 is 0 Å². The highest BCUT2D eigenvalue weighted by Gasteiger charge is 2.10. The first-order chi connectivity index (χ1) is 10.5. The third-order valence-electron chi connectivity index (χ3n) is 2.84. The molecule has 0 aliphatic carbocycles. The molecule has 4 nitrogen and oxygen atoms in total. The standard InChI is InChI=1S/C16H15F2NO3/c17-12-4-6-15(7-5-12)22-10-14(20)9-19-16(21)11-2-1-3-13(18)8-11/h1-8,14,20H,9-10H2,(H,19,21). The van der Waals surface area contributed by atoms with Crippen LogP contribution in [0.2, 0.25) is 0 Å². The van der Waals surface area contributed by atoms with Gasteiger partial charge in [0.05, 0.1) is 0 Å². The number of carbonyl (C=O) groups is 1. The van der Waals surface area contributed by atoms with Crippen molar-refractivity contribution in [1.29, 1.82) is 0 Å². The quantitative estimate of drug-likeness (QED) is 0.859. The Kier molecular flexibility index (Phi) is 5.43. The molecule has 0 spiro atoms. The number of halogens is 2. The maximum atomic E-state index is 13.0. The molecule has 0 saturated heterocycles. The summed E-state index contributed by atoms with van der Waals surface area (Å²) in [6.07, 6.45) is -0.942. The minimum absolute atomic E-state index is 0.0451. The van der Waals surface area contributed by atoms with Gasteiger partial charge in [0.2, 0.25) is 0 Å². The van der Waals surface area contributed by atoms with Crippen molar-refractivity contribution in [2.24, 2.45) is 0 Å². The van der Waals surface area contributed by atoms with Crippen LogP contribution in [0.4, 0.5) is 8.78 Å². The van der Waals surface area contributed by atoms with Crippen LogP contribution in [-0.2, 0) is 0 Å². The van der Waals surface area contributed by atoms with Crippen molar-refractivity contribution in [2.75, 3.05) is 13.2 Å². The number of hydrogen-bond donors (Lipinski definition) is 2. The van der Waals surface area contributed by atoms with Crippen molar-refractivity contribution in [3.05, 3.63) is 65.7 Å². The van der Waals surface area contributed by atoms with Crippen molar-refractivity contribution >= 4 is 5.91 Å². The molecule has 0 aliphatic rings. The Balaban J connectivity index is 1.76. The van der Waals surface area contributed by atoms with Crippen LogP contribution < -0.4 is 10.1 Å². The molecule has 1 atom stereocenters. The zero-order valence-corrected chi connectivity index (χ0v) is 11.6. The largest absolute Gasteiger partial charge is 0.491 e. The van der Waals surface area contributed by atoms with Crippen molar-refractivity contribution < 1.29 is 23.4 Å². The SMILES string of the molecule is O=C(NCC(O)COc1ccc(F)cc1)c1cccc(F)c1. The number of rotatable bonds is 6. The average Bonchev–Trinajstić information content (AvgIpc) is 2.52. The van der Waals surface area contributed by atoms with E-state index in [4.69, 9.17) is 4.74 Å². The van der Waals surface area contributed by atoms with Crippen molar-refractivity contribution in [3.8, 4) is 5.75 Å². The minimum Gasteiger partial charge on any atom is -0.491 e. The maximum absolute atomic E-state index is 13.0. The van der Waals surface area contributed by atoms with Gasteiger partial charge in [-0.1, -0.05) is 6.07 Å². The van der Waals surface area contributed by atoms with Crippen LogP contribution in [0.25, 0.3) is 0 Å². The second-order valence-corrected chi connectivity index (χ2v) is 4.64. The van der Waals surface area contributed by atoms with Crippen LogP contribution in [0.1, 0.15) is 10.4 Å². The molecule has 1 amide bonds. The molecule has 2 aromatic rings. The highest BCUT2D eigenvalue weighted by atomic mass is 19.1. The summed E-state index contributed by atoms with van der Waals surface area (Å²) in [7, 11) is 0. The molecular formula is C16H15F2NO3. The van der Waals surface area contributed by atoms with Crippen molar-refractivity contribution in [1.82, 2.24) is 5.32 Å². The van der Waals surface area contributed by atoms with Crippen molar-refractivity contribution in [2.45, 2.75) is 6.10 Å². The summed E-state index contributed by atoms with van der Waals surface area (Å²) in [5.41, 5.74) is 0.173. The molecule has 2 N–H and O–H groups in total. The van der Waals surface area contributed by atoms with Gasteiger partial charge in [-0.2, -0.15) is 0 Å². The number of benzene rings is 2. The molecule has 0 fully saturated rings. The summed E-state index contributed by atoms with van der Waals surface area (Å²) < 4.78 is 30.9. The second-order valence-electron chi connectivity index (χ2n) is 4.64. The Morgan fingerprint density at radius 2 is 1.86 bits per heavy atom. The highest BCUT2D eigenvalue weighted by Crippen LogP contribution is 2.11. The van der Waals surface area contributed by atoms with Gasteiger partial charge >= 0.3 is 0 Å². The first kappa shape index (κ1) is 15.9. The Bertz CT molecular complexity index is 632. The summed E-state index contributed by atoms with van der Waals surface area (Å²) in [6, 6.07) is 10.6. The van der Waals surface area contributed by atoms with E-state index in [-0.39, 0.29) is 24.5 Å². The fourth-order valence-corrected chi connectivity index (χ4v) is 1.72. The summed E-state index contributed by atoms with van der Waals surface area (Å²) in [5, 5.41) is 12.2. The predicted octanol–water partition coefficient (Wildman–Crippen LogP) is 2.13. The van der Waals surface area contributed by atoms with E-state index in [0.29, 0.717) is 5.75 Å². The van der Waals surface area contributed by atoms with Crippen molar-refractivity contribution in [3.63, 3.8) is 0 Å². The van der Waals surface area contributed by atoms with E-state index in [1.54, 1.807) is 0 Å². The Morgan fingerprint density at radius 3 is 2.55 bits per heavy atom. The Labute approximate surface area is 126 Å². The van der Waals surface area contributed by atoms with Gasteiger partial charge in [-0.05, 0) is 42.5 Å². The summed E-state index contributed by atoms with van der Waals surface area (Å²) >= 11 is 0. The zero-order chi connectivity index (χ0) is 15.9. The third kappa shape index (κ3) is 4.82. The molecular weight excluding hydrogens is 292 g/mol. The minimum atomic E-state index is -0.942. The number of amides is 1. The molecule has 2 aromatic carbocycles. The van der Waals surface area contributed by atoms with Gasteiger partial charge in [0.15, 0.2) is 0 Å². The van der Waals surface area contributed by atoms with Gasteiger partial charge in [-0.3, -0.25) is 4.79 Å². The van der Waals surface area contributed by atoms with Gasteiger partial charge in [-0.15, -0.1) is 0 Å². The number of ether oxygens (including phenoxy) is 1. The van der Waals surface area contributed by atoms with Gasteiger partial charge in [0.1, 0.15) is 30.1 Å². The molecule has 0 saturated carbocycles. The Hall–Kier alpha value is -2.47. The number of hydrogen-bond acceptors (Lipinski definition) is 3. The maximum Gasteiger partial charge on any atom is 0.251 e. The number of aliphatic hydroxyl groups is 1. The molecule has 0 aromatic heterocycles. The average molecular weight is 307 g/mol. The Morgan fingerprint density at radius 1 is 1.14 bits per heavy atom. The number of aliphatic hydroxyl groups excluding tert-OH is 1. The smallest absolute Gasteiger partial charge is 0.251 e. The lowest BCUT2D eigenvalue weighted by atomic mass is 10.2. The van der Waals surface area contributed by atoms with E-state index < -0.39 is 17.8 Å².